The van der Waals surface area contributed by atoms with E-state index in [4.69, 9.17) is 35.3 Å². The summed E-state index contributed by atoms with van der Waals surface area (Å²) in [7, 11) is 9.11. The normalized spacial score (nSPS) is 26.8. The van der Waals surface area contributed by atoms with Crippen molar-refractivity contribution in [3.05, 3.63) is 106 Å². The molecule has 2 aliphatic heterocycles. The van der Waals surface area contributed by atoms with Gasteiger partial charge in [-0.05, 0) is 78.5 Å². The van der Waals surface area contributed by atoms with Crippen LogP contribution in [0.1, 0.15) is 76.0 Å². The third-order valence-corrected chi connectivity index (χ3v) is 17.3. The molecule has 18 heteroatoms. The van der Waals surface area contributed by atoms with Crippen LogP contribution in [-0.2, 0) is 39.8 Å². The van der Waals surface area contributed by atoms with E-state index in [1.807, 2.05) is 57.2 Å². The number of hydrogen-bond acceptors (Lipinski definition) is 13. The average molecular weight is 1030 g/mol. The van der Waals surface area contributed by atoms with Gasteiger partial charge in [0.25, 0.3) is 0 Å². The van der Waals surface area contributed by atoms with Gasteiger partial charge < -0.3 is 43.9 Å². The minimum atomic E-state index is -1.80. The Kier molecular flexibility index (Phi) is 17.5. The number of allylic oxidation sites excluding steroid dienone is 3. The molecule has 15 nitrogen and oxygen atoms in total. The van der Waals surface area contributed by atoms with E-state index in [1.165, 1.54) is 45.6 Å². The molecule has 3 aromatic rings. The molecule has 1 saturated carbocycles. The summed E-state index contributed by atoms with van der Waals surface area (Å²) in [6, 6.07) is 19.0. The molecule has 2 heterocycles. The highest BCUT2D eigenvalue weighted by atomic mass is 35.5. The number of nitrogens with zero attached hydrogens (tertiary/aromatic N) is 2. The van der Waals surface area contributed by atoms with Crippen LogP contribution in [0.2, 0.25) is 5.02 Å². The summed E-state index contributed by atoms with van der Waals surface area (Å²) in [5.74, 6) is -0.457. The first-order valence-corrected chi connectivity index (χ1v) is 26.8. The second-order valence-electron chi connectivity index (χ2n) is 19.1. The number of alkyl carbamates (subject to hydrolysis) is 2. The summed E-state index contributed by atoms with van der Waals surface area (Å²) < 4.78 is 29.1. The number of amides is 4. The summed E-state index contributed by atoms with van der Waals surface area (Å²) in [6.07, 6.45) is 2.33. The van der Waals surface area contributed by atoms with Crippen LogP contribution in [0.4, 0.5) is 15.3 Å². The van der Waals surface area contributed by atoms with E-state index in [-0.39, 0.29) is 60.5 Å². The van der Waals surface area contributed by atoms with Crippen molar-refractivity contribution in [3.63, 3.8) is 0 Å². The highest BCUT2D eigenvalue weighted by Gasteiger charge is 2.62. The Balaban J connectivity index is 0.959. The van der Waals surface area contributed by atoms with E-state index in [0.29, 0.717) is 42.3 Å². The topological polar surface area (TPSA) is 182 Å². The maximum Gasteiger partial charge on any atom is 0.409 e. The number of carbonyl (C=O) groups is 5. The first-order chi connectivity index (χ1) is 33.9. The molecule has 0 aromatic heterocycles. The third kappa shape index (κ3) is 12.2. The minimum Gasteiger partial charge on any atom is -0.495 e. The SMILES string of the molecule is COc1cc2cc(c1Cl)N(C)C(=O)C[C@H](OC(=O)[C@H](C)N(C)C(=O)CCSSCCNC(=O)OCC1c3ccccc3-c3ccccc31)[C@@]1(C)C[C@H]1[C@H](C)[C@@H]1C[C@@](O)(NC(=O)O1)[C@H](OC)/C=C/C=C(\C)C2. The highest BCUT2D eigenvalue weighted by molar-refractivity contribution is 8.76. The molecule has 8 atom stereocenters. The number of ether oxygens (including phenoxy) is 5. The number of methoxy groups -OCH3 is 2. The molecule has 7 rings (SSSR count). The quantitative estimate of drug-likeness (QED) is 0.0604. The maximum atomic E-state index is 14.4. The average Bonchev–Trinajstić information content (AvgIpc) is 3.95. The van der Waals surface area contributed by atoms with Crippen LogP contribution in [-0.4, -0.2) is 123 Å². The second kappa shape index (κ2) is 23.1. The molecular formula is C53H65ClN4O11S2. The maximum absolute atomic E-state index is 14.4. The minimum absolute atomic E-state index is 0.00714. The number of benzene rings is 3. The fourth-order valence-electron chi connectivity index (χ4n) is 10.0. The summed E-state index contributed by atoms with van der Waals surface area (Å²) in [4.78, 5) is 70.4. The fourth-order valence-corrected chi connectivity index (χ4v) is 12.2. The number of halogens is 1. The smallest absolute Gasteiger partial charge is 0.409 e. The predicted molar refractivity (Wildman–Crippen MR) is 276 cm³/mol. The number of rotatable bonds is 14. The molecule has 2 aliphatic carbocycles. The van der Waals surface area contributed by atoms with E-state index in [1.54, 1.807) is 39.2 Å². The van der Waals surface area contributed by atoms with Gasteiger partial charge in [0.1, 0.15) is 41.7 Å². The van der Waals surface area contributed by atoms with Crippen LogP contribution in [0.25, 0.3) is 11.1 Å². The molecule has 0 unspecified atom stereocenters. The standard InChI is InChI=1S/C53H65ClN4O11S2/c1-31-14-13-19-44(66-8)53(64)29-43(68-51(63)56-53)32(2)40-28-52(40,4)45(27-47(60)58(6)41-25-34(24-31)26-42(65-7)48(41)54)69-49(61)33(3)57(5)46(59)20-22-70-71-23-21-55-50(62)67-30-39-37-17-11-9-15-35(37)36-16-10-12-18-38(36)39/h9-19,25-26,32-33,39-40,43-45,64H,20-24,27-30H2,1-8H3,(H,55,62)(H,56,63)/b19-13+,31-14+/t32-,33-,40-,43-,44+,45-,52-,53-/m0/s1. The molecule has 3 aromatic carbocycles. The molecule has 3 N–H and O–H groups in total. The lowest BCUT2D eigenvalue weighted by Gasteiger charge is -2.42. The Hall–Kier alpha value is -5.20. The van der Waals surface area contributed by atoms with Crippen molar-refractivity contribution in [3.8, 4) is 16.9 Å². The van der Waals surface area contributed by atoms with Gasteiger partial charge in [-0.2, -0.15) is 0 Å². The van der Waals surface area contributed by atoms with E-state index in [0.717, 1.165) is 33.4 Å². The van der Waals surface area contributed by atoms with E-state index in [9.17, 15) is 29.1 Å². The lowest BCUT2D eigenvalue weighted by atomic mass is 9.83. The number of anilines is 1. The van der Waals surface area contributed by atoms with Crippen LogP contribution >= 0.6 is 33.2 Å². The van der Waals surface area contributed by atoms with Gasteiger partial charge in [-0.1, -0.05) is 119 Å². The van der Waals surface area contributed by atoms with Crippen LogP contribution < -0.4 is 20.3 Å². The van der Waals surface area contributed by atoms with Gasteiger partial charge in [0.2, 0.25) is 11.8 Å². The van der Waals surface area contributed by atoms with Gasteiger partial charge >= 0.3 is 18.2 Å². The molecule has 0 spiro atoms. The van der Waals surface area contributed by atoms with Crippen LogP contribution in [0.15, 0.2) is 84.5 Å². The Morgan fingerprint density at radius 2 is 1.72 bits per heavy atom. The van der Waals surface area contributed by atoms with Crippen LogP contribution in [0.5, 0.6) is 5.75 Å². The summed E-state index contributed by atoms with van der Waals surface area (Å²) in [5.41, 5.74) is 4.21. The van der Waals surface area contributed by atoms with Crippen molar-refractivity contribution < 1.29 is 52.8 Å². The van der Waals surface area contributed by atoms with Crippen LogP contribution in [0.3, 0.4) is 0 Å². The highest BCUT2D eigenvalue weighted by Crippen LogP contribution is 2.61. The van der Waals surface area contributed by atoms with Crippen molar-refractivity contribution in [1.82, 2.24) is 15.5 Å². The number of nitrogens with one attached hydrogen (secondary N) is 2. The van der Waals surface area contributed by atoms with E-state index in [2.05, 4.69) is 34.9 Å². The fraction of sp³-hybridized carbons (Fsp3) is 0.491. The van der Waals surface area contributed by atoms with Gasteiger partial charge in [0.05, 0.1) is 19.2 Å². The molecule has 4 aliphatic rings. The molecule has 0 radical (unpaired) electrons. The summed E-state index contributed by atoms with van der Waals surface area (Å²) >= 11 is 6.84. The molecule has 1 saturated heterocycles. The largest absolute Gasteiger partial charge is 0.495 e. The number of carbonyl (C=O) groups excluding carboxylic acids is 5. The first-order valence-electron chi connectivity index (χ1n) is 23.9. The number of fused-ring (bicyclic) bond motifs is 8. The zero-order valence-electron chi connectivity index (χ0n) is 41.5. The van der Waals surface area contributed by atoms with Gasteiger partial charge in [0.15, 0.2) is 5.72 Å². The number of hydrogen-bond donors (Lipinski definition) is 3. The van der Waals surface area contributed by atoms with Crippen molar-refractivity contribution in [2.75, 3.05) is 57.9 Å². The monoisotopic (exact) mass is 1030 g/mol. The van der Waals surface area contributed by atoms with Crippen LogP contribution in [0, 0.1) is 17.3 Å². The van der Waals surface area contributed by atoms with Crippen molar-refractivity contribution in [1.29, 1.82) is 0 Å². The van der Waals surface area contributed by atoms with Crippen molar-refractivity contribution >= 4 is 68.8 Å². The van der Waals surface area contributed by atoms with Gasteiger partial charge in [-0.25, -0.2) is 14.4 Å². The van der Waals surface area contributed by atoms with E-state index >= 15 is 0 Å². The first kappa shape index (κ1) is 53.6. The summed E-state index contributed by atoms with van der Waals surface area (Å²) in [6.45, 7) is 7.99. The third-order valence-electron chi connectivity index (χ3n) is 14.5. The Labute approximate surface area is 429 Å². The summed E-state index contributed by atoms with van der Waals surface area (Å²) in [5, 5.41) is 17.5. The van der Waals surface area contributed by atoms with Gasteiger partial charge in [-0.3, -0.25) is 14.9 Å². The van der Waals surface area contributed by atoms with Gasteiger partial charge in [0, 0.05) is 63.4 Å². The Morgan fingerprint density at radius 3 is 2.39 bits per heavy atom. The van der Waals surface area contributed by atoms with Crippen molar-refractivity contribution in [2.45, 2.75) is 95.8 Å². The lowest BCUT2D eigenvalue weighted by Crippen LogP contribution is -2.63. The molecule has 4 bridgehead atoms. The zero-order valence-corrected chi connectivity index (χ0v) is 43.9. The number of esters is 1. The molecule has 4 amide bonds. The number of aliphatic hydroxyl groups is 1. The molecular weight excluding hydrogens is 968 g/mol. The second-order valence-corrected chi connectivity index (χ2v) is 22.2. The lowest BCUT2D eigenvalue weighted by molar-refractivity contribution is -0.163. The van der Waals surface area contributed by atoms with Crippen molar-refractivity contribution in [2.24, 2.45) is 17.3 Å². The molecule has 2 fully saturated rings. The zero-order chi connectivity index (χ0) is 51.2. The van der Waals surface area contributed by atoms with Gasteiger partial charge in [-0.15, -0.1) is 0 Å². The Morgan fingerprint density at radius 1 is 1.04 bits per heavy atom. The molecule has 382 valence electrons. The van der Waals surface area contributed by atoms with E-state index < -0.39 is 53.6 Å². The predicted octanol–water partition coefficient (Wildman–Crippen LogP) is 8.69. The molecule has 71 heavy (non-hydrogen) atoms. The number of likely N-dealkylation sites (N-methyl/N-ethyl adjacent to an activating group) is 1. The Bertz CT molecular complexity index is 2500.